The second-order valence-corrected chi connectivity index (χ2v) is 8.37. The van der Waals surface area contributed by atoms with E-state index < -0.39 is 17.2 Å². The third kappa shape index (κ3) is 3.76. The number of hydrogen-bond acceptors (Lipinski definition) is 3. The zero-order chi connectivity index (χ0) is 23.2. The zero-order valence-corrected chi connectivity index (χ0v) is 19.0. The van der Waals surface area contributed by atoms with Crippen LogP contribution in [0.1, 0.15) is 16.8 Å². The van der Waals surface area contributed by atoms with Crippen LogP contribution in [0.5, 0.6) is 0 Å². The molecule has 4 rings (SSSR count). The molecule has 0 saturated carbocycles. The lowest BCUT2D eigenvalue weighted by atomic mass is 10.2. The largest absolute Gasteiger partial charge is 0.342 e. The summed E-state index contributed by atoms with van der Waals surface area (Å²) in [6.45, 7) is 5.38. The number of benzene rings is 2. The summed E-state index contributed by atoms with van der Waals surface area (Å²) < 4.78 is 4.18. The van der Waals surface area contributed by atoms with Crippen molar-refractivity contribution in [2.45, 2.75) is 27.3 Å². The molecule has 1 amide bonds. The van der Waals surface area contributed by atoms with Crippen LogP contribution in [0.2, 0.25) is 5.02 Å². The van der Waals surface area contributed by atoms with Gasteiger partial charge in [-0.05, 0) is 56.7 Å². The summed E-state index contributed by atoms with van der Waals surface area (Å²) in [5.41, 5.74) is 3.46. The van der Waals surface area contributed by atoms with Crippen molar-refractivity contribution in [3.8, 4) is 5.69 Å². The maximum Gasteiger partial charge on any atom is 0.336 e. The molecule has 1 N–H and O–H groups in total. The van der Waals surface area contributed by atoms with Crippen LogP contribution < -0.4 is 16.6 Å². The Labute approximate surface area is 189 Å². The first kappa shape index (κ1) is 21.6. The van der Waals surface area contributed by atoms with E-state index in [2.05, 4.69) is 5.32 Å². The summed E-state index contributed by atoms with van der Waals surface area (Å²) in [5.74, 6) is -0.394. The average Bonchev–Trinajstić information content (AvgIpc) is 3.04. The SMILES string of the molecule is Cc1ccc(-n2c(=O)c3c(cc(C)n3C)n(CC(=O)Nc3cc(Cl)ccc3C)c2=O)cc1. The average molecular weight is 451 g/mol. The van der Waals surface area contributed by atoms with E-state index in [9.17, 15) is 14.4 Å². The van der Waals surface area contributed by atoms with Crippen LogP contribution in [0.4, 0.5) is 5.69 Å². The molecule has 0 bridgehead atoms. The maximum atomic E-state index is 13.4. The highest BCUT2D eigenvalue weighted by Crippen LogP contribution is 2.20. The van der Waals surface area contributed by atoms with Gasteiger partial charge in [-0.25, -0.2) is 9.36 Å². The van der Waals surface area contributed by atoms with Gasteiger partial charge in [0.1, 0.15) is 12.1 Å². The molecule has 8 heteroatoms. The lowest BCUT2D eigenvalue weighted by Gasteiger charge is -2.14. The molecule has 164 valence electrons. The summed E-state index contributed by atoms with van der Waals surface area (Å²) in [7, 11) is 1.77. The Morgan fingerprint density at radius 3 is 2.38 bits per heavy atom. The van der Waals surface area contributed by atoms with Crippen LogP contribution in [0, 0.1) is 20.8 Å². The van der Waals surface area contributed by atoms with E-state index in [4.69, 9.17) is 11.6 Å². The number of nitrogens with zero attached hydrogens (tertiary/aromatic N) is 3. The molecule has 2 aromatic heterocycles. The molecule has 0 atom stereocenters. The molecule has 0 aliphatic rings. The molecule has 7 nitrogen and oxygen atoms in total. The number of aromatic nitrogens is 3. The number of hydrogen-bond donors (Lipinski definition) is 1. The minimum Gasteiger partial charge on any atom is -0.342 e. The number of fused-ring (bicyclic) bond motifs is 1. The van der Waals surface area contributed by atoms with Gasteiger partial charge in [0.15, 0.2) is 0 Å². The Hall–Kier alpha value is -3.58. The van der Waals surface area contributed by atoms with Crippen LogP contribution in [-0.4, -0.2) is 19.6 Å². The van der Waals surface area contributed by atoms with E-state index in [1.807, 2.05) is 32.9 Å². The van der Waals surface area contributed by atoms with Gasteiger partial charge in [-0.1, -0.05) is 35.4 Å². The smallest absolute Gasteiger partial charge is 0.336 e. The molecule has 0 fully saturated rings. The molecule has 4 aromatic rings. The van der Waals surface area contributed by atoms with Gasteiger partial charge in [0.05, 0.1) is 11.2 Å². The fourth-order valence-electron chi connectivity index (χ4n) is 3.72. The van der Waals surface area contributed by atoms with Crippen molar-refractivity contribution < 1.29 is 4.79 Å². The van der Waals surface area contributed by atoms with Gasteiger partial charge in [-0.15, -0.1) is 0 Å². The summed E-state index contributed by atoms with van der Waals surface area (Å²) in [6, 6.07) is 14.1. The van der Waals surface area contributed by atoms with Gasteiger partial charge in [0, 0.05) is 23.5 Å². The van der Waals surface area contributed by atoms with Gasteiger partial charge in [0.2, 0.25) is 5.91 Å². The van der Waals surface area contributed by atoms with Gasteiger partial charge in [0.25, 0.3) is 5.56 Å². The molecule has 0 aliphatic carbocycles. The van der Waals surface area contributed by atoms with Crippen LogP contribution in [0.15, 0.2) is 58.1 Å². The minimum atomic E-state index is -0.574. The molecule has 2 heterocycles. The number of amides is 1. The lowest BCUT2D eigenvalue weighted by molar-refractivity contribution is -0.116. The standard InChI is InChI=1S/C24H23ClN4O3/c1-14-5-9-18(10-6-14)29-23(31)22-20(11-16(3)27(22)4)28(24(29)32)13-21(30)26-19-12-17(25)8-7-15(19)2/h5-12H,13H2,1-4H3,(H,26,30). The predicted molar refractivity (Wildman–Crippen MR) is 127 cm³/mol. The van der Waals surface area contributed by atoms with Crippen LogP contribution in [0.25, 0.3) is 16.7 Å². The summed E-state index contributed by atoms with van der Waals surface area (Å²) >= 11 is 6.05. The predicted octanol–water partition coefficient (Wildman–Crippen LogP) is 3.71. The number of rotatable bonds is 4. The fourth-order valence-corrected chi connectivity index (χ4v) is 3.90. The number of carbonyl (C=O) groups excluding carboxylic acids is 1. The van der Waals surface area contributed by atoms with Crippen LogP contribution >= 0.6 is 11.6 Å². The highest BCUT2D eigenvalue weighted by atomic mass is 35.5. The quantitative estimate of drug-likeness (QED) is 0.515. The van der Waals surface area contributed by atoms with E-state index in [1.54, 1.807) is 48.0 Å². The molecule has 0 aliphatic heterocycles. The zero-order valence-electron chi connectivity index (χ0n) is 18.3. The summed E-state index contributed by atoms with van der Waals surface area (Å²) in [4.78, 5) is 39.6. The second-order valence-electron chi connectivity index (χ2n) is 7.93. The van der Waals surface area contributed by atoms with Crippen molar-refractivity contribution >= 4 is 34.2 Å². The molecular weight excluding hydrogens is 428 g/mol. The molecule has 0 saturated heterocycles. The van der Waals surface area contributed by atoms with Crippen LogP contribution in [-0.2, 0) is 18.4 Å². The Kier molecular flexibility index (Phi) is 5.52. The van der Waals surface area contributed by atoms with Gasteiger partial charge in [-0.2, -0.15) is 0 Å². The summed E-state index contributed by atoms with van der Waals surface area (Å²) in [5, 5.41) is 3.31. The fraction of sp³-hybridized carbons (Fsp3) is 0.208. The van der Waals surface area contributed by atoms with Crippen molar-refractivity contribution in [1.29, 1.82) is 0 Å². The Morgan fingerprint density at radius 1 is 1.00 bits per heavy atom. The van der Waals surface area contributed by atoms with E-state index >= 15 is 0 Å². The monoisotopic (exact) mass is 450 g/mol. The number of anilines is 1. The third-order valence-electron chi connectivity index (χ3n) is 5.64. The molecule has 0 radical (unpaired) electrons. The van der Waals surface area contributed by atoms with Crippen molar-refractivity contribution in [3.63, 3.8) is 0 Å². The normalized spacial score (nSPS) is 11.2. The highest BCUT2D eigenvalue weighted by molar-refractivity contribution is 6.31. The number of halogens is 1. The molecule has 0 unspecified atom stereocenters. The van der Waals surface area contributed by atoms with E-state index in [0.29, 0.717) is 27.4 Å². The maximum absolute atomic E-state index is 13.4. The van der Waals surface area contributed by atoms with E-state index in [0.717, 1.165) is 21.4 Å². The topological polar surface area (TPSA) is 78.0 Å². The van der Waals surface area contributed by atoms with Crippen molar-refractivity contribution in [2.75, 3.05) is 5.32 Å². The minimum absolute atomic E-state index is 0.253. The first-order valence-corrected chi connectivity index (χ1v) is 10.5. The number of aryl methyl sites for hydroxylation is 4. The number of nitrogens with one attached hydrogen (secondary N) is 1. The van der Waals surface area contributed by atoms with Gasteiger partial charge >= 0.3 is 5.69 Å². The Balaban J connectivity index is 1.87. The van der Waals surface area contributed by atoms with Gasteiger partial charge in [-0.3, -0.25) is 14.2 Å². The Morgan fingerprint density at radius 2 is 1.69 bits per heavy atom. The molecular formula is C24H23ClN4O3. The third-order valence-corrected chi connectivity index (χ3v) is 5.87. The molecule has 2 aromatic carbocycles. The second kappa shape index (κ2) is 8.16. The summed E-state index contributed by atoms with van der Waals surface area (Å²) in [6.07, 6.45) is 0. The van der Waals surface area contributed by atoms with E-state index in [1.165, 1.54) is 4.57 Å². The number of carbonyl (C=O) groups is 1. The van der Waals surface area contributed by atoms with Crippen molar-refractivity contribution in [1.82, 2.24) is 13.7 Å². The lowest BCUT2D eigenvalue weighted by Crippen LogP contribution is -2.41. The van der Waals surface area contributed by atoms with Crippen molar-refractivity contribution in [2.24, 2.45) is 7.05 Å². The Bertz CT molecular complexity index is 1480. The highest BCUT2D eigenvalue weighted by Gasteiger charge is 2.20. The first-order valence-electron chi connectivity index (χ1n) is 10.1. The molecule has 0 spiro atoms. The van der Waals surface area contributed by atoms with Crippen molar-refractivity contribution in [3.05, 3.63) is 91.2 Å². The van der Waals surface area contributed by atoms with Gasteiger partial charge < -0.3 is 9.88 Å². The molecule has 32 heavy (non-hydrogen) atoms. The van der Waals surface area contributed by atoms with E-state index in [-0.39, 0.29) is 6.54 Å². The first-order chi connectivity index (χ1) is 15.2. The van der Waals surface area contributed by atoms with Crippen LogP contribution in [0.3, 0.4) is 0 Å².